The summed E-state index contributed by atoms with van der Waals surface area (Å²) in [6.45, 7) is 16.8. The van der Waals surface area contributed by atoms with Gasteiger partial charge in [0, 0.05) is 90.1 Å². The molecular formula is C102H93N13Ni4OSSe-. The van der Waals surface area contributed by atoms with Crippen molar-refractivity contribution < 1.29 is 71.1 Å². The van der Waals surface area contributed by atoms with Crippen LogP contribution in [0.4, 0.5) is 11.4 Å². The molecule has 0 aliphatic heterocycles. The van der Waals surface area contributed by atoms with Crippen LogP contribution in [0.5, 0.6) is 5.75 Å². The van der Waals surface area contributed by atoms with Gasteiger partial charge in [0.2, 0.25) is 0 Å². The van der Waals surface area contributed by atoms with Crippen LogP contribution in [0.2, 0.25) is 0 Å². The van der Waals surface area contributed by atoms with Gasteiger partial charge in [-0.25, -0.2) is 29.9 Å². The first-order valence-corrected chi connectivity index (χ1v) is 40.6. The van der Waals surface area contributed by atoms with Gasteiger partial charge in [0.05, 0.1) is 106 Å². The van der Waals surface area contributed by atoms with E-state index in [1.165, 1.54) is 19.3 Å². The Balaban J connectivity index is 0.000000239. The normalized spacial score (nSPS) is 9.74. The second-order valence-electron chi connectivity index (χ2n) is 26.3. The first-order valence-electron chi connectivity index (χ1n) is 39.3. The number of hydrogen-bond donors (Lipinski definition) is 1. The molecular weight excluding hydrogens is 1770 g/mol. The maximum absolute atomic E-state index is 10.1. The molecule has 122 heavy (non-hydrogen) atoms. The van der Waals surface area contributed by atoms with Crippen molar-refractivity contribution in [3.05, 3.63) is 382 Å². The van der Waals surface area contributed by atoms with Gasteiger partial charge in [-0.1, -0.05) is 206 Å². The summed E-state index contributed by atoms with van der Waals surface area (Å²) in [7, 11) is 0. The Hall–Kier alpha value is -11.9. The fraction of sp³-hybridized carbons (Fsp3) is 0.108. The van der Waals surface area contributed by atoms with E-state index in [0.717, 1.165) is 146 Å². The summed E-state index contributed by atoms with van der Waals surface area (Å²) in [5, 5.41) is 14.9. The number of nitrogens with zero attached hydrogens (tertiary/aromatic N) is 13. The van der Waals surface area contributed by atoms with E-state index in [-0.39, 0.29) is 71.7 Å². The summed E-state index contributed by atoms with van der Waals surface area (Å²) >= 11 is 8.51. The number of hydrogen-bond acceptors (Lipinski definition) is 14. The van der Waals surface area contributed by atoms with Gasteiger partial charge in [-0.3, -0.25) is 15.0 Å². The number of pyridine rings is 12. The minimum absolute atomic E-state index is 0. The number of phenolic OH excluding ortho intramolecular Hbond substituents is 1. The molecule has 12 aromatic heterocycles. The smallest absolute Gasteiger partial charge is 0.0894 e. The summed E-state index contributed by atoms with van der Waals surface area (Å²) < 4.78 is 1.09. The molecule has 0 aliphatic carbocycles. The molecule has 17 aromatic rings. The molecule has 12 heterocycles. The number of aromatic nitrogens is 12. The average Bonchev–Trinajstić information content (AvgIpc) is 0.814. The molecule has 0 bridgehead atoms. The van der Waals surface area contributed by atoms with Gasteiger partial charge in [-0.2, -0.15) is 4.90 Å². The van der Waals surface area contributed by atoms with E-state index in [2.05, 4.69) is 93.5 Å². The Morgan fingerprint density at radius 3 is 0.787 bits per heavy atom. The van der Waals surface area contributed by atoms with E-state index in [9.17, 15) is 5.11 Å². The van der Waals surface area contributed by atoms with Crippen molar-refractivity contribution in [3.63, 3.8) is 0 Å². The third-order valence-electron chi connectivity index (χ3n) is 16.4. The second kappa shape index (κ2) is 54.4. The van der Waals surface area contributed by atoms with Crippen LogP contribution >= 0.6 is 0 Å². The largest absolute Gasteiger partial charge is 0.657 e. The Morgan fingerprint density at radius 1 is 0.254 bits per heavy atom. The van der Waals surface area contributed by atoms with Gasteiger partial charge in [0.1, 0.15) is 5.75 Å². The maximum Gasteiger partial charge on any atom is 0.0894 e. The first-order chi connectivity index (χ1) is 58.0. The SMILES string of the molecule is CCC.CCC.CCC.C[CH+]C.Oc1ccccc1-c1cccc(-c2cccc(-c3ccccn3)n2)n1.[Ni].[Ni].[Ni].[Ni].[S-]c1ccccc1-c1cccc(-c2cccc(-c3ccccn3)n2)n1.[Se]c1ccccc1-c1cccc(-c2cccc(-c3ccccn3)n2)n1.c1ccc([N-]c2ccccc2-c2cccc(-c3cccc(-c4ccccn4)n3)n2)cc1. The molecule has 17 rings (SSSR count). The van der Waals surface area contributed by atoms with Crippen LogP contribution in [0.15, 0.2) is 375 Å². The van der Waals surface area contributed by atoms with Crippen molar-refractivity contribution in [1.82, 2.24) is 59.8 Å². The minimum Gasteiger partial charge on any atom is -0.657 e. The molecule has 0 saturated heterocycles. The van der Waals surface area contributed by atoms with E-state index in [1.807, 2.05) is 348 Å². The van der Waals surface area contributed by atoms with Crippen molar-refractivity contribution >= 4 is 44.5 Å². The molecule has 0 spiro atoms. The Kier molecular flexibility index (Phi) is 44.1. The van der Waals surface area contributed by atoms with Crippen molar-refractivity contribution in [2.45, 2.75) is 79.5 Å². The van der Waals surface area contributed by atoms with Crippen LogP contribution in [0.3, 0.4) is 0 Å². The van der Waals surface area contributed by atoms with Crippen LogP contribution < -0.4 is 4.46 Å². The fourth-order valence-electron chi connectivity index (χ4n) is 11.3. The molecule has 5 aromatic carbocycles. The number of aromatic hydroxyl groups is 1. The molecule has 0 amide bonds. The van der Waals surface area contributed by atoms with Crippen molar-refractivity contribution in [2.75, 3.05) is 0 Å². The first kappa shape index (κ1) is 98.9. The molecule has 14 nitrogen and oxygen atoms in total. The number of para-hydroxylation sites is 3. The molecule has 0 saturated carbocycles. The second-order valence-corrected chi connectivity index (χ2v) is 27.7. The zero-order valence-corrected chi connectivity index (χ0v) is 75.2. The summed E-state index contributed by atoms with van der Waals surface area (Å²) in [4.78, 5) is 56.3. The predicted molar refractivity (Wildman–Crippen MR) is 490 cm³/mol. The molecule has 0 atom stereocenters. The van der Waals surface area contributed by atoms with Crippen LogP contribution in [0.25, 0.3) is 141 Å². The molecule has 0 unspecified atom stereocenters. The summed E-state index contributed by atoms with van der Waals surface area (Å²) in [5.41, 5.74) is 22.0. The minimum atomic E-state index is 0. The van der Waals surface area contributed by atoms with E-state index in [4.69, 9.17) is 47.8 Å². The molecule has 0 aliphatic rings. The Bertz CT molecular complexity index is 5470. The zero-order valence-electron chi connectivity index (χ0n) is 68.8. The van der Waals surface area contributed by atoms with Crippen molar-refractivity contribution in [3.8, 4) is 142 Å². The molecule has 20 heteroatoms. The molecule has 1 radical (unpaired) electrons. The van der Waals surface area contributed by atoms with E-state index in [1.54, 1.807) is 36.9 Å². The van der Waals surface area contributed by atoms with E-state index < -0.39 is 0 Å². The molecule has 1 N–H and O–H groups in total. The van der Waals surface area contributed by atoms with Crippen molar-refractivity contribution in [1.29, 1.82) is 0 Å². The van der Waals surface area contributed by atoms with Gasteiger partial charge < -0.3 is 23.1 Å². The summed E-state index contributed by atoms with van der Waals surface area (Å²) in [6.07, 6.45) is 12.8. The molecule has 625 valence electrons. The van der Waals surface area contributed by atoms with Gasteiger partial charge >= 0.3 is 155 Å². The third kappa shape index (κ3) is 29.8. The van der Waals surface area contributed by atoms with Crippen molar-refractivity contribution in [2.24, 2.45) is 0 Å². The van der Waals surface area contributed by atoms with Gasteiger partial charge in [0.15, 0.2) is 0 Å². The molecule has 0 fully saturated rings. The number of rotatable bonds is 14. The maximum atomic E-state index is 10.1. The van der Waals surface area contributed by atoms with Gasteiger partial charge in [-0.05, 0) is 132 Å². The van der Waals surface area contributed by atoms with Crippen LogP contribution in [-0.2, 0) is 78.6 Å². The van der Waals surface area contributed by atoms with Gasteiger partial charge in [0.25, 0.3) is 0 Å². The average molecular weight is 1860 g/mol. The van der Waals surface area contributed by atoms with Gasteiger partial charge in [-0.15, -0.1) is 11.4 Å². The fourth-order valence-corrected chi connectivity index (χ4v) is 12.1. The quantitative estimate of drug-likeness (QED) is 0.0615. The Labute approximate surface area is 772 Å². The summed E-state index contributed by atoms with van der Waals surface area (Å²) in [6, 6.07) is 111. The number of benzene rings is 5. The van der Waals surface area contributed by atoms with E-state index in [0.29, 0.717) is 11.3 Å². The topological polar surface area (TPSA) is 189 Å². The monoisotopic (exact) mass is 1860 g/mol. The zero-order chi connectivity index (χ0) is 82.9. The Morgan fingerprint density at radius 2 is 0.475 bits per heavy atom. The standard InChI is InChI=1S/C27H19N4.C21H15N3O.C21H15N3S.C21H14N3Se.3C3H8.C3H7.4Ni/c1-2-10-20(11-3-1)29-22-13-5-4-12-21(22)23-15-8-17-26(30-23)27-18-9-16-25(31-27)24-14-6-7-19-28-24;3*25-21-13-2-1-7-15(21)16-9-5-11-19(23-16)20-12-6-10-18(24-20)17-8-3-4-14-22-17;4*1-3-2;;;;/h1-19H;2*1-14,25H;1-14H;3*3H2,1-2H3;3H,1-2H3;;;;/q-1;;;;;;;+1;;;;/p-1. The predicted octanol–water partition coefficient (Wildman–Crippen LogP) is 25.7. The van der Waals surface area contributed by atoms with E-state index >= 15 is 0 Å². The van der Waals surface area contributed by atoms with Crippen LogP contribution in [-0.4, -0.2) is 80.9 Å². The van der Waals surface area contributed by atoms with Crippen LogP contribution in [0.1, 0.15) is 74.7 Å². The number of phenols is 1. The summed E-state index contributed by atoms with van der Waals surface area (Å²) in [5.74, 6) is 0.211. The third-order valence-corrected chi connectivity index (χ3v) is 17.5. The van der Waals surface area contributed by atoms with Crippen LogP contribution in [0, 0.1) is 6.42 Å².